The zero-order valence-electron chi connectivity index (χ0n) is 8.47. The number of ether oxygens (including phenoxy) is 1. The van der Waals surface area contributed by atoms with Crippen molar-refractivity contribution >= 4 is 23.2 Å². The lowest BCUT2D eigenvalue weighted by molar-refractivity contribution is -0.115. The van der Waals surface area contributed by atoms with Gasteiger partial charge in [0.15, 0.2) is 0 Å². The molecule has 1 amide bonds. The van der Waals surface area contributed by atoms with Crippen LogP contribution in [-0.4, -0.2) is 12.5 Å². The van der Waals surface area contributed by atoms with E-state index in [0.717, 1.165) is 0 Å². The Bertz CT molecular complexity index is 385. The van der Waals surface area contributed by atoms with Crippen molar-refractivity contribution in [1.82, 2.24) is 0 Å². The predicted octanol–water partition coefficient (Wildman–Crippen LogP) is 3.29. The number of carbonyl (C=O) groups excluding carboxylic acids is 1. The Morgan fingerprint density at radius 2 is 2.25 bits per heavy atom. The minimum absolute atomic E-state index is 0.0224. The van der Waals surface area contributed by atoms with Crippen LogP contribution in [0, 0.1) is 0 Å². The molecule has 0 spiro atoms. The molecule has 0 bridgehead atoms. The molecule has 0 heterocycles. The van der Waals surface area contributed by atoms with Gasteiger partial charge in [-0.15, -0.1) is 0 Å². The van der Waals surface area contributed by atoms with Gasteiger partial charge in [-0.1, -0.05) is 18.5 Å². The molecule has 0 aliphatic carbocycles. The van der Waals surface area contributed by atoms with Crippen LogP contribution < -0.4 is 10.1 Å². The van der Waals surface area contributed by atoms with Crippen LogP contribution in [0.2, 0.25) is 5.02 Å². The quantitative estimate of drug-likeness (QED) is 0.889. The van der Waals surface area contributed by atoms with Gasteiger partial charge in [-0.2, -0.15) is 8.78 Å². The molecule has 0 aliphatic heterocycles. The van der Waals surface area contributed by atoms with Crippen LogP contribution in [0.4, 0.5) is 14.5 Å². The fourth-order valence-corrected chi connectivity index (χ4v) is 1.24. The van der Waals surface area contributed by atoms with Gasteiger partial charge < -0.3 is 10.1 Å². The van der Waals surface area contributed by atoms with E-state index in [2.05, 4.69) is 10.1 Å². The molecule has 0 aromatic heterocycles. The van der Waals surface area contributed by atoms with Crippen molar-refractivity contribution in [3.63, 3.8) is 0 Å². The molecule has 0 aliphatic rings. The van der Waals surface area contributed by atoms with Crippen molar-refractivity contribution < 1.29 is 18.3 Å². The highest BCUT2D eigenvalue weighted by Crippen LogP contribution is 2.28. The molecule has 6 heteroatoms. The molecule has 1 aromatic rings. The van der Waals surface area contributed by atoms with E-state index in [9.17, 15) is 13.6 Å². The van der Waals surface area contributed by atoms with Crippen molar-refractivity contribution in [3.05, 3.63) is 23.2 Å². The van der Waals surface area contributed by atoms with Crippen LogP contribution in [0.25, 0.3) is 0 Å². The van der Waals surface area contributed by atoms with Gasteiger partial charge in [-0.25, -0.2) is 0 Å². The Hall–Kier alpha value is -1.36. The second kappa shape index (κ2) is 5.65. The minimum Gasteiger partial charge on any atom is -0.433 e. The number of amides is 1. The molecule has 0 atom stereocenters. The molecular weight excluding hydrogens is 240 g/mol. The van der Waals surface area contributed by atoms with Crippen molar-refractivity contribution in [2.24, 2.45) is 0 Å². The predicted molar refractivity (Wildman–Crippen MR) is 57.0 cm³/mol. The van der Waals surface area contributed by atoms with Crippen LogP contribution in [0.1, 0.15) is 13.3 Å². The Balaban J connectivity index is 2.78. The molecule has 0 unspecified atom stereocenters. The standard InChI is InChI=1S/C10H10ClF2NO2/c1-2-9(15)14-6-3-4-8(7(11)5-6)16-10(12)13/h3-5,10H,2H2,1H3,(H,14,15). The van der Waals surface area contributed by atoms with Gasteiger partial charge in [0.1, 0.15) is 5.75 Å². The van der Waals surface area contributed by atoms with Crippen molar-refractivity contribution in [3.8, 4) is 5.75 Å². The van der Waals surface area contributed by atoms with E-state index < -0.39 is 6.61 Å². The Labute approximate surface area is 96.4 Å². The summed E-state index contributed by atoms with van der Waals surface area (Å²) in [6.45, 7) is -1.22. The smallest absolute Gasteiger partial charge is 0.387 e. The van der Waals surface area contributed by atoms with Gasteiger partial charge in [0.2, 0.25) is 5.91 Å². The number of halogens is 3. The van der Waals surface area contributed by atoms with E-state index >= 15 is 0 Å². The summed E-state index contributed by atoms with van der Waals surface area (Å²) in [6.07, 6.45) is 0.326. The Morgan fingerprint density at radius 1 is 1.56 bits per heavy atom. The summed E-state index contributed by atoms with van der Waals surface area (Å²) in [5.74, 6) is -0.301. The van der Waals surface area contributed by atoms with Crippen LogP contribution in [0.3, 0.4) is 0 Å². The summed E-state index contributed by atoms with van der Waals surface area (Å²) in [4.78, 5) is 11.0. The van der Waals surface area contributed by atoms with E-state index in [1.807, 2.05) is 0 Å². The SMILES string of the molecule is CCC(=O)Nc1ccc(OC(F)F)c(Cl)c1. The van der Waals surface area contributed by atoms with Gasteiger partial charge in [0.05, 0.1) is 5.02 Å². The summed E-state index contributed by atoms with van der Waals surface area (Å²) in [7, 11) is 0. The second-order valence-corrected chi connectivity index (χ2v) is 3.33. The Morgan fingerprint density at radius 3 is 2.75 bits per heavy atom. The number of alkyl halides is 2. The van der Waals surface area contributed by atoms with Crippen molar-refractivity contribution in [1.29, 1.82) is 0 Å². The van der Waals surface area contributed by atoms with Crippen LogP contribution in [0.15, 0.2) is 18.2 Å². The fourth-order valence-electron chi connectivity index (χ4n) is 1.02. The molecule has 0 radical (unpaired) electrons. The highest BCUT2D eigenvalue weighted by atomic mass is 35.5. The number of anilines is 1. The number of benzene rings is 1. The van der Waals surface area contributed by atoms with Gasteiger partial charge in [0, 0.05) is 12.1 Å². The van der Waals surface area contributed by atoms with Crippen molar-refractivity contribution in [2.45, 2.75) is 20.0 Å². The number of hydrogen-bond donors (Lipinski definition) is 1. The first kappa shape index (κ1) is 12.7. The monoisotopic (exact) mass is 249 g/mol. The number of nitrogens with one attached hydrogen (secondary N) is 1. The third kappa shape index (κ3) is 3.66. The summed E-state index contributed by atoms with van der Waals surface area (Å²) < 4.78 is 28.0. The van der Waals surface area contributed by atoms with Crippen LogP contribution in [0.5, 0.6) is 5.75 Å². The summed E-state index contributed by atoms with van der Waals surface area (Å²) in [5, 5.41) is 2.57. The lowest BCUT2D eigenvalue weighted by Gasteiger charge is -2.08. The second-order valence-electron chi connectivity index (χ2n) is 2.93. The number of carbonyl (C=O) groups is 1. The lowest BCUT2D eigenvalue weighted by Crippen LogP contribution is -2.09. The number of rotatable bonds is 4. The zero-order valence-corrected chi connectivity index (χ0v) is 9.22. The molecular formula is C10H10ClF2NO2. The normalized spacial score (nSPS) is 10.3. The largest absolute Gasteiger partial charge is 0.433 e. The molecule has 1 aromatic carbocycles. The molecule has 0 saturated carbocycles. The first-order chi connectivity index (χ1) is 7.52. The zero-order chi connectivity index (χ0) is 12.1. The average molecular weight is 250 g/mol. The molecule has 1 N–H and O–H groups in total. The van der Waals surface area contributed by atoms with Gasteiger partial charge in [-0.05, 0) is 18.2 Å². The fraction of sp³-hybridized carbons (Fsp3) is 0.300. The highest BCUT2D eigenvalue weighted by Gasteiger charge is 2.09. The summed E-state index contributed by atoms with van der Waals surface area (Å²) in [5.41, 5.74) is 0.443. The third-order valence-electron chi connectivity index (χ3n) is 1.75. The van der Waals surface area contributed by atoms with Gasteiger partial charge in [0.25, 0.3) is 0 Å². The van der Waals surface area contributed by atoms with Crippen LogP contribution in [-0.2, 0) is 4.79 Å². The lowest BCUT2D eigenvalue weighted by atomic mass is 10.3. The molecule has 0 saturated heterocycles. The highest BCUT2D eigenvalue weighted by molar-refractivity contribution is 6.32. The van der Waals surface area contributed by atoms with Crippen LogP contribution >= 0.6 is 11.6 Å². The van der Waals surface area contributed by atoms with Crippen molar-refractivity contribution in [2.75, 3.05) is 5.32 Å². The molecule has 16 heavy (non-hydrogen) atoms. The van der Waals surface area contributed by atoms with E-state index in [-0.39, 0.29) is 16.7 Å². The van der Waals surface area contributed by atoms with E-state index in [0.29, 0.717) is 12.1 Å². The topological polar surface area (TPSA) is 38.3 Å². The maximum atomic E-state index is 11.9. The molecule has 0 fully saturated rings. The first-order valence-electron chi connectivity index (χ1n) is 4.57. The maximum absolute atomic E-state index is 11.9. The first-order valence-corrected chi connectivity index (χ1v) is 4.95. The summed E-state index contributed by atoms with van der Waals surface area (Å²) >= 11 is 5.69. The Kier molecular flexibility index (Phi) is 4.49. The van der Waals surface area contributed by atoms with E-state index in [1.165, 1.54) is 18.2 Å². The van der Waals surface area contributed by atoms with Gasteiger partial charge in [-0.3, -0.25) is 4.79 Å². The van der Waals surface area contributed by atoms with E-state index in [4.69, 9.17) is 11.6 Å². The summed E-state index contributed by atoms with van der Waals surface area (Å²) in [6, 6.07) is 4.07. The molecule has 3 nitrogen and oxygen atoms in total. The average Bonchev–Trinajstić information content (AvgIpc) is 2.21. The molecule has 1 rings (SSSR count). The number of hydrogen-bond acceptors (Lipinski definition) is 2. The van der Waals surface area contributed by atoms with E-state index in [1.54, 1.807) is 6.92 Å². The third-order valence-corrected chi connectivity index (χ3v) is 2.05. The minimum atomic E-state index is -2.92. The maximum Gasteiger partial charge on any atom is 0.387 e. The van der Waals surface area contributed by atoms with Gasteiger partial charge >= 0.3 is 6.61 Å². The molecule has 88 valence electrons.